The normalized spacial score (nSPS) is 23.2. The molecule has 1 unspecified atom stereocenters. The number of piperidine rings is 2. The summed E-state index contributed by atoms with van der Waals surface area (Å²) in [5.41, 5.74) is 1.69. The lowest BCUT2D eigenvalue weighted by atomic mass is 9.93. The summed E-state index contributed by atoms with van der Waals surface area (Å²) in [6, 6.07) is 0. The zero-order chi connectivity index (χ0) is 18.0. The van der Waals surface area contributed by atoms with Gasteiger partial charge in [-0.3, -0.25) is 14.2 Å². The molecule has 2 aliphatic heterocycles. The summed E-state index contributed by atoms with van der Waals surface area (Å²) in [6.07, 6.45) is 5.67. The number of aryl methyl sites for hydroxylation is 1. The van der Waals surface area contributed by atoms with E-state index < -0.39 is 0 Å². The van der Waals surface area contributed by atoms with Gasteiger partial charge < -0.3 is 9.80 Å². The van der Waals surface area contributed by atoms with E-state index in [0.29, 0.717) is 18.3 Å². The molecular weight excluding hydrogens is 316 g/mol. The van der Waals surface area contributed by atoms with Crippen molar-refractivity contribution in [3.63, 3.8) is 0 Å². The molecule has 1 aromatic rings. The van der Waals surface area contributed by atoms with Gasteiger partial charge in [-0.25, -0.2) is 4.98 Å². The summed E-state index contributed by atoms with van der Waals surface area (Å²) < 4.78 is 1.78. The molecule has 0 spiro atoms. The number of aromatic nitrogens is 2. The molecule has 1 amide bonds. The van der Waals surface area contributed by atoms with Crippen LogP contribution in [0.15, 0.2) is 11.1 Å². The zero-order valence-electron chi connectivity index (χ0n) is 15.7. The van der Waals surface area contributed by atoms with Gasteiger partial charge in [-0.15, -0.1) is 0 Å². The molecule has 138 valence electrons. The third-order valence-electron chi connectivity index (χ3n) is 5.92. The molecule has 0 saturated carbocycles. The van der Waals surface area contributed by atoms with Gasteiger partial charge in [0.2, 0.25) is 5.91 Å². The van der Waals surface area contributed by atoms with Crippen LogP contribution in [0.3, 0.4) is 0 Å². The van der Waals surface area contributed by atoms with Crippen molar-refractivity contribution in [2.45, 2.75) is 46.1 Å². The van der Waals surface area contributed by atoms with Crippen molar-refractivity contribution in [2.24, 2.45) is 11.8 Å². The number of carbonyl (C=O) groups excluding carboxylic acids is 1. The van der Waals surface area contributed by atoms with Crippen LogP contribution in [-0.4, -0.2) is 58.5 Å². The standard InChI is InChI=1S/C19H30N4O2/c1-14-15(2)20-13-23(19(14)25)12-16-6-8-22(9-7-16)11-17-4-5-18(24)21(3)10-17/h13,16-17H,4-12H2,1-3H3. The van der Waals surface area contributed by atoms with Gasteiger partial charge in [0.05, 0.1) is 6.33 Å². The minimum Gasteiger partial charge on any atom is -0.345 e. The fourth-order valence-electron chi connectivity index (χ4n) is 4.05. The maximum Gasteiger partial charge on any atom is 0.256 e. The molecule has 0 N–H and O–H groups in total. The fourth-order valence-corrected chi connectivity index (χ4v) is 4.05. The molecule has 1 aromatic heterocycles. The van der Waals surface area contributed by atoms with Crippen molar-refractivity contribution < 1.29 is 4.79 Å². The topological polar surface area (TPSA) is 58.4 Å². The first kappa shape index (κ1) is 18.1. The number of hydrogen-bond donors (Lipinski definition) is 0. The molecule has 2 saturated heterocycles. The highest BCUT2D eigenvalue weighted by Gasteiger charge is 2.27. The second-order valence-corrected chi connectivity index (χ2v) is 7.84. The Hall–Kier alpha value is -1.69. The maximum atomic E-state index is 12.3. The molecule has 6 heteroatoms. The number of nitrogens with zero attached hydrogens (tertiary/aromatic N) is 4. The first-order valence-corrected chi connectivity index (χ1v) is 9.43. The summed E-state index contributed by atoms with van der Waals surface area (Å²) in [6.45, 7) is 8.68. The van der Waals surface area contributed by atoms with Crippen LogP contribution in [-0.2, 0) is 11.3 Å². The van der Waals surface area contributed by atoms with Gasteiger partial charge in [0.1, 0.15) is 0 Å². The minimum absolute atomic E-state index is 0.102. The van der Waals surface area contributed by atoms with Gasteiger partial charge in [-0.2, -0.15) is 0 Å². The fraction of sp³-hybridized carbons (Fsp3) is 0.737. The minimum atomic E-state index is 0.102. The monoisotopic (exact) mass is 346 g/mol. The third kappa shape index (κ3) is 4.29. The molecule has 0 radical (unpaired) electrons. The largest absolute Gasteiger partial charge is 0.345 e. The van der Waals surface area contributed by atoms with E-state index in [9.17, 15) is 9.59 Å². The predicted molar refractivity (Wildman–Crippen MR) is 97.5 cm³/mol. The molecule has 1 atom stereocenters. The Morgan fingerprint density at radius 2 is 1.80 bits per heavy atom. The average molecular weight is 346 g/mol. The average Bonchev–Trinajstić information content (AvgIpc) is 2.60. The van der Waals surface area contributed by atoms with Crippen LogP contribution in [0.2, 0.25) is 0 Å². The first-order valence-electron chi connectivity index (χ1n) is 9.43. The Morgan fingerprint density at radius 3 is 2.48 bits per heavy atom. The van der Waals surface area contributed by atoms with Crippen LogP contribution >= 0.6 is 0 Å². The van der Waals surface area contributed by atoms with E-state index in [1.165, 1.54) is 0 Å². The quantitative estimate of drug-likeness (QED) is 0.828. The first-order chi connectivity index (χ1) is 11.9. The molecule has 2 fully saturated rings. The van der Waals surface area contributed by atoms with Crippen molar-refractivity contribution in [3.8, 4) is 0 Å². The van der Waals surface area contributed by atoms with E-state index in [1.807, 2.05) is 25.8 Å². The van der Waals surface area contributed by atoms with E-state index in [0.717, 1.165) is 63.2 Å². The number of hydrogen-bond acceptors (Lipinski definition) is 4. The van der Waals surface area contributed by atoms with Gasteiger partial charge >= 0.3 is 0 Å². The molecule has 0 bridgehead atoms. The zero-order valence-corrected chi connectivity index (χ0v) is 15.7. The van der Waals surface area contributed by atoms with E-state index in [2.05, 4.69) is 9.88 Å². The van der Waals surface area contributed by atoms with Gasteiger partial charge in [0.25, 0.3) is 5.56 Å². The van der Waals surface area contributed by atoms with Gasteiger partial charge in [-0.05, 0) is 58.0 Å². The molecule has 6 nitrogen and oxygen atoms in total. The number of rotatable bonds is 4. The van der Waals surface area contributed by atoms with Crippen LogP contribution in [0.5, 0.6) is 0 Å². The molecular formula is C19H30N4O2. The lowest BCUT2D eigenvalue weighted by molar-refractivity contribution is -0.133. The van der Waals surface area contributed by atoms with Crippen LogP contribution in [0.1, 0.15) is 36.9 Å². The Bertz CT molecular complexity index is 676. The summed E-state index contributed by atoms with van der Waals surface area (Å²) in [7, 11) is 1.91. The lowest BCUT2D eigenvalue weighted by Gasteiger charge is -2.37. The maximum absolute atomic E-state index is 12.3. The Labute approximate surface area is 149 Å². The summed E-state index contributed by atoms with van der Waals surface area (Å²) >= 11 is 0. The van der Waals surface area contributed by atoms with Crippen molar-refractivity contribution >= 4 is 5.91 Å². The van der Waals surface area contributed by atoms with Crippen molar-refractivity contribution in [1.82, 2.24) is 19.4 Å². The number of amides is 1. The molecule has 3 rings (SSSR count). The van der Waals surface area contributed by atoms with Crippen LogP contribution < -0.4 is 5.56 Å². The van der Waals surface area contributed by atoms with Crippen molar-refractivity contribution in [2.75, 3.05) is 33.2 Å². The highest BCUT2D eigenvalue weighted by atomic mass is 16.2. The Morgan fingerprint density at radius 1 is 1.08 bits per heavy atom. The summed E-state index contributed by atoms with van der Waals surface area (Å²) in [5.74, 6) is 1.43. The van der Waals surface area contributed by atoms with Crippen LogP contribution in [0, 0.1) is 25.7 Å². The SMILES string of the molecule is Cc1ncn(CC2CCN(CC3CCC(=O)N(C)C3)CC2)c(=O)c1C. The second kappa shape index (κ2) is 7.68. The molecule has 0 aliphatic carbocycles. The molecule has 0 aromatic carbocycles. The van der Waals surface area contributed by atoms with Gasteiger partial charge in [0, 0.05) is 44.4 Å². The Balaban J connectivity index is 1.48. The van der Waals surface area contributed by atoms with Crippen molar-refractivity contribution in [1.29, 1.82) is 0 Å². The highest BCUT2D eigenvalue weighted by molar-refractivity contribution is 5.76. The molecule has 2 aliphatic rings. The number of carbonyl (C=O) groups is 1. The van der Waals surface area contributed by atoms with Crippen LogP contribution in [0.25, 0.3) is 0 Å². The van der Waals surface area contributed by atoms with E-state index in [-0.39, 0.29) is 11.5 Å². The van der Waals surface area contributed by atoms with Crippen LogP contribution in [0.4, 0.5) is 0 Å². The van der Waals surface area contributed by atoms with Crippen molar-refractivity contribution in [3.05, 3.63) is 27.9 Å². The predicted octanol–water partition coefficient (Wildman–Crippen LogP) is 1.44. The smallest absolute Gasteiger partial charge is 0.256 e. The van der Waals surface area contributed by atoms with Gasteiger partial charge in [-0.1, -0.05) is 0 Å². The van der Waals surface area contributed by atoms with E-state index in [4.69, 9.17) is 0 Å². The van der Waals surface area contributed by atoms with E-state index in [1.54, 1.807) is 10.9 Å². The summed E-state index contributed by atoms with van der Waals surface area (Å²) in [5, 5.41) is 0. The lowest BCUT2D eigenvalue weighted by Crippen LogP contribution is -2.44. The molecule has 25 heavy (non-hydrogen) atoms. The van der Waals surface area contributed by atoms with Gasteiger partial charge in [0.15, 0.2) is 0 Å². The summed E-state index contributed by atoms with van der Waals surface area (Å²) in [4.78, 5) is 32.7. The Kier molecular flexibility index (Phi) is 5.57. The third-order valence-corrected chi connectivity index (χ3v) is 5.92. The highest BCUT2D eigenvalue weighted by Crippen LogP contribution is 2.22. The molecule has 3 heterocycles. The number of likely N-dealkylation sites (tertiary alicyclic amines) is 2. The van der Waals surface area contributed by atoms with E-state index >= 15 is 0 Å². The second-order valence-electron chi connectivity index (χ2n) is 7.84.